The fourth-order valence-corrected chi connectivity index (χ4v) is 2.57. The number of rotatable bonds is 0. The molecule has 0 aromatic carbocycles. The van der Waals surface area contributed by atoms with E-state index in [0.717, 1.165) is 41.8 Å². The molecule has 0 fully saturated rings. The van der Waals surface area contributed by atoms with Gasteiger partial charge in [0.2, 0.25) is 5.91 Å². The smallest absolute Gasteiger partial charge is 0.224 e. The third-order valence-corrected chi connectivity index (χ3v) is 3.74. The Bertz CT molecular complexity index is 656. The van der Waals surface area contributed by atoms with Gasteiger partial charge >= 0.3 is 0 Å². The van der Waals surface area contributed by atoms with E-state index in [1.807, 2.05) is 18.2 Å². The second-order valence-corrected chi connectivity index (χ2v) is 5.29. The lowest BCUT2D eigenvalue weighted by Gasteiger charge is -2.16. The number of nitrogens with zero attached hydrogens (tertiary/aromatic N) is 2. The van der Waals surface area contributed by atoms with Crippen LogP contribution in [0.15, 0.2) is 36.8 Å². The molecule has 0 aliphatic carbocycles. The Morgan fingerprint density at radius 2 is 2.14 bits per heavy atom. The summed E-state index contributed by atoms with van der Waals surface area (Å²) in [7, 11) is 0. The van der Waals surface area contributed by atoms with Crippen LogP contribution >= 0.6 is 0 Å². The Balaban J connectivity index is 2.08. The third kappa shape index (κ3) is 3.08. The Hall–Kier alpha value is -2.27. The molecule has 1 amide bonds. The molecule has 0 spiro atoms. The van der Waals surface area contributed by atoms with Crippen LogP contribution in [0.4, 0.5) is 5.69 Å². The topological polar surface area (TPSA) is 80.9 Å². The standard InChI is InChI=1S/C16H18N4O/c17-13-3-1-2-4-16(21)20-15-10-18-7-6-12(15)11-5-8-19-14(13)9-11/h5-10,13H,1-4,17H2,(H,20,21)/t13-/m0/s1. The predicted octanol–water partition coefficient (Wildman–Crippen LogP) is 2.66. The van der Waals surface area contributed by atoms with Gasteiger partial charge in [-0.05, 0) is 36.6 Å². The van der Waals surface area contributed by atoms with Gasteiger partial charge < -0.3 is 11.1 Å². The van der Waals surface area contributed by atoms with Crippen molar-refractivity contribution in [3.8, 4) is 11.1 Å². The van der Waals surface area contributed by atoms with Gasteiger partial charge in [0.15, 0.2) is 0 Å². The van der Waals surface area contributed by atoms with Gasteiger partial charge in [0.1, 0.15) is 0 Å². The van der Waals surface area contributed by atoms with Crippen LogP contribution in [0.3, 0.4) is 0 Å². The summed E-state index contributed by atoms with van der Waals surface area (Å²) in [5, 5.41) is 2.95. The number of hydrogen-bond acceptors (Lipinski definition) is 4. The molecule has 2 aromatic rings. The van der Waals surface area contributed by atoms with Gasteiger partial charge in [-0.3, -0.25) is 14.8 Å². The highest BCUT2D eigenvalue weighted by Crippen LogP contribution is 2.29. The Morgan fingerprint density at radius 1 is 1.24 bits per heavy atom. The molecule has 5 nitrogen and oxygen atoms in total. The maximum absolute atomic E-state index is 12.0. The lowest BCUT2D eigenvalue weighted by molar-refractivity contribution is -0.116. The van der Waals surface area contributed by atoms with E-state index in [2.05, 4.69) is 15.3 Å². The van der Waals surface area contributed by atoms with Gasteiger partial charge in [-0.15, -0.1) is 0 Å². The van der Waals surface area contributed by atoms with Gasteiger partial charge in [-0.2, -0.15) is 0 Å². The summed E-state index contributed by atoms with van der Waals surface area (Å²) in [5.74, 6) is 0.0210. The Morgan fingerprint density at radius 3 is 3.05 bits per heavy atom. The second kappa shape index (κ2) is 6.01. The van der Waals surface area contributed by atoms with Crippen LogP contribution < -0.4 is 11.1 Å². The fourth-order valence-electron chi connectivity index (χ4n) is 2.57. The molecule has 0 saturated heterocycles. The number of aromatic nitrogens is 2. The highest BCUT2D eigenvalue weighted by atomic mass is 16.1. The summed E-state index contributed by atoms with van der Waals surface area (Å²) in [6.07, 6.45) is 8.25. The van der Waals surface area contributed by atoms with E-state index in [9.17, 15) is 4.79 Å². The van der Waals surface area contributed by atoms with E-state index in [4.69, 9.17) is 5.73 Å². The second-order valence-electron chi connectivity index (χ2n) is 5.29. The molecule has 0 saturated carbocycles. The zero-order valence-electron chi connectivity index (χ0n) is 11.7. The first-order chi connectivity index (χ1) is 10.2. The first kappa shape index (κ1) is 13.7. The average molecular weight is 282 g/mol. The van der Waals surface area contributed by atoms with E-state index in [1.165, 1.54) is 0 Å². The van der Waals surface area contributed by atoms with Crippen molar-refractivity contribution in [1.82, 2.24) is 9.97 Å². The van der Waals surface area contributed by atoms with Crippen LogP contribution in [0.5, 0.6) is 0 Å². The van der Waals surface area contributed by atoms with Crippen molar-refractivity contribution in [3.05, 3.63) is 42.5 Å². The SMILES string of the molecule is N[C@H]1CCCCC(=O)Nc2cnccc2-c2ccnc1c2. The first-order valence-electron chi connectivity index (χ1n) is 7.20. The minimum atomic E-state index is -0.0854. The maximum atomic E-state index is 12.0. The van der Waals surface area contributed by atoms with Crippen LogP contribution in [-0.2, 0) is 4.79 Å². The van der Waals surface area contributed by atoms with Crippen molar-refractivity contribution < 1.29 is 4.79 Å². The molecule has 1 atom stereocenters. The zero-order valence-corrected chi connectivity index (χ0v) is 11.7. The van der Waals surface area contributed by atoms with Crippen LogP contribution in [0.1, 0.15) is 37.4 Å². The number of anilines is 1. The number of nitrogens with two attached hydrogens (primary N) is 1. The van der Waals surface area contributed by atoms with E-state index >= 15 is 0 Å². The largest absolute Gasteiger partial charge is 0.324 e. The molecule has 0 unspecified atom stereocenters. The summed E-state index contributed by atoms with van der Waals surface area (Å²) in [6.45, 7) is 0. The molecule has 1 aliphatic heterocycles. The van der Waals surface area contributed by atoms with E-state index in [0.29, 0.717) is 6.42 Å². The molecule has 1 aliphatic rings. The van der Waals surface area contributed by atoms with Crippen molar-refractivity contribution in [2.24, 2.45) is 5.73 Å². The number of fused-ring (bicyclic) bond motifs is 4. The van der Waals surface area contributed by atoms with Crippen LogP contribution in [0.2, 0.25) is 0 Å². The Labute approximate surface area is 123 Å². The molecule has 0 radical (unpaired) electrons. The highest BCUT2D eigenvalue weighted by molar-refractivity contribution is 5.95. The van der Waals surface area contributed by atoms with Crippen molar-refractivity contribution in [1.29, 1.82) is 0 Å². The summed E-state index contributed by atoms with van der Waals surface area (Å²) in [6, 6.07) is 5.73. The van der Waals surface area contributed by atoms with E-state index in [-0.39, 0.29) is 11.9 Å². The van der Waals surface area contributed by atoms with E-state index < -0.39 is 0 Å². The predicted molar refractivity (Wildman–Crippen MR) is 81.5 cm³/mol. The highest BCUT2D eigenvalue weighted by Gasteiger charge is 2.14. The van der Waals surface area contributed by atoms with Gasteiger partial charge in [-0.1, -0.05) is 6.42 Å². The molecule has 2 aromatic heterocycles. The van der Waals surface area contributed by atoms with Gasteiger partial charge in [0, 0.05) is 30.4 Å². The van der Waals surface area contributed by atoms with Crippen LogP contribution in [-0.4, -0.2) is 15.9 Å². The molecule has 3 N–H and O–H groups in total. The van der Waals surface area contributed by atoms with Crippen molar-refractivity contribution in [3.63, 3.8) is 0 Å². The summed E-state index contributed by atoms with van der Waals surface area (Å²) in [4.78, 5) is 20.5. The minimum absolute atomic E-state index is 0.0210. The number of hydrogen-bond donors (Lipinski definition) is 2. The average Bonchev–Trinajstić information content (AvgIpc) is 2.51. The van der Waals surface area contributed by atoms with Crippen LogP contribution in [0, 0.1) is 0 Å². The monoisotopic (exact) mass is 282 g/mol. The van der Waals surface area contributed by atoms with Gasteiger partial charge in [-0.25, -0.2) is 0 Å². The molecular weight excluding hydrogens is 264 g/mol. The van der Waals surface area contributed by atoms with E-state index in [1.54, 1.807) is 18.6 Å². The molecule has 2 bridgehead atoms. The number of amides is 1. The van der Waals surface area contributed by atoms with Gasteiger partial charge in [0.05, 0.1) is 17.6 Å². The molecular formula is C16H18N4O. The number of carbonyl (C=O) groups is 1. The number of nitrogens with one attached hydrogen (secondary N) is 1. The summed E-state index contributed by atoms with van der Waals surface area (Å²) < 4.78 is 0. The summed E-state index contributed by atoms with van der Waals surface area (Å²) in [5.41, 5.74) is 9.75. The van der Waals surface area contributed by atoms with Crippen molar-refractivity contribution in [2.45, 2.75) is 31.7 Å². The molecule has 3 heterocycles. The lowest BCUT2D eigenvalue weighted by atomic mass is 10.00. The fraction of sp³-hybridized carbons (Fsp3) is 0.312. The molecule has 3 rings (SSSR count). The summed E-state index contributed by atoms with van der Waals surface area (Å²) >= 11 is 0. The zero-order chi connectivity index (χ0) is 14.7. The molecule has 21 heavy (non-hydrogen) atoms. The normalized spacial score (nSPS) is 18.9. The Kier molecular flexibility index (Phi) is 3.92. The molecule has 5 heteroatoms. The lowest BCUT2D eigenvalue weighted by Crippen LogP contribution is -2.15. The first-order valence-corrected chi connectivity index (χ1v) is 7.20. The number of pyridine rings is 2. The van der Waals surface area contributed by atoms with Crippen molar-refractivity contribution >= 4 is 11.6 Å². The van der Waals surface area contributed by atoms with Crippen molar-refractivity contribution in [2.75, 3.05) is 5.32 Å². The third-order valence-electron chi connectivity index (χ3n) is 3.74. The molecule has 108 valence electrons. The number of carbonyl (C=O) groups excluding carboxylic acids is 1. The van der Waals surface area contributed by atoms with Crippen LogP contribution in [0.25, 0.3) is 11.1 Å². The van der Waals surface area contributed by atoms with Gasteiger partial charge in [0.25, 0.3) is 0 Å². The minimum Gasteiger partial charge on any atom is -0.324 e. The quantitative estimate of drug-likeness (QED) is 0.778. The maximum Gasteiger partial charge on any atom is 0.224 e.